The Bertz CT molecular complexity index is 603. The minimum absolute atomic E-state index is 0.100. The molecule has 2 unspecified atom stereocenters. The first kappa shape index (κ1) is 21.0. The van der Waals surface area contributed by atoms with Crippen LogP contribution >= 0.6 is 0 Å². The molecule has 0 saturated carbocycles. The van der Waals surface area contributed by atoms with Gasteiger partial charge in [-0.25, -0.2) is 9.78 Å². The van der Waals surface area contributed by atoms with Gasteiger partial charge in [-0.3, -0.25) is 0 Å². The predicted molar refractivity (Wildman–Crippen MR) is 83.5 cm³/mol. The van der Waals surface area contributed by atoms with E-state index in [2.05, 4.69) is 10.3 Å². The number of alkyl carbamates (subject to hydrolysis) is 1. The van der Waals surface area contributed by atoms with Gasteiger partial charge in [0.2, 0.25) is 0 Å². The number of nitrogens with zero attached hydrogens (tertiary/aromatic N) is 1. The average molecular weight is 365 g/mol. The molecule has 0 aromatic carbocycles. The van der Waals surface area contributed by atoms with Crippen molar-refractivity contribution >= 4 is 11.9 Å². The van der Waals surface area contributed by atoms with Crippen LogP contribution in [0, 0.1) is 0 Å². The smallest absolute Gasteiger partial charge is 0.433 e. The molecule has 10 heteroatoms. The fourth-order valence-electron chi connectivity index (χ4n) is 1.95. The second kappa shape index (κ2) is 7.87. The largest absolute Gasteiger partial charge is 0.444 e. The number of nitrogens with two attached hydrogens (primary N) is 1. The average Bonchev–Trinajstić information content (AvgIpc) is 2.43. The number of aliphatic hydroxyl groups is 2. The fourth-order valence-corrected chi connectivity index (χ4v) is 1.95. The molecule has 142 valence electrons. The molecule has 0 spiro atoms. The molecule has 1 rings (SSSR count). The fraction of sp³-hybridized carbons (Fsp3) is 0.600. The quantitative estimate of drug-likeness (QED) is 0.634. The maximum atomic E-state index is 13.0. The van der Waals surface area contributed by atoms with Crippen LogP contribution in [0.1, 0.15) is 44.6 Å². The zero-order chi connectivity index (χ0) is 19.4. The highest BCUT2D eigenvalue weighted by molar-refractivity contribution is 5.67. The molecule has 0 bridgehead atoms. The number of carbonyl (C=O) groups excluding carboxylic acids is 1. The van der Waals surface area contributed by atoms with Crippen LogP contribution in [0.25, 0.3) is 0 Å². The second-order valence-corrected chi connectivity index (χ2v) is 6.40. The third-order valence-electron chi connectivity index (χ3n) is 3.01. The van der Waals surface area contributed by atoms with Gasteiger partial charge in [-0.15, -0.1) is 0 Å². The summed E-state index contributed by atoms with van der Waals surface area (Å²) in [7, 11) is 0. The van der Waals surface area contributed by atoms with Crippen LogP contribution in [-0.4, -0.2) is 39.5 Å². The summed E-state index contributed by atoms with van der Waals surface area (Å²) in [4.78, 5) is 14.6. The Labute approximate surface area is 143 Å². The second-order valence-electron chi connectivity index (χ2n) is 6.40. The van der Waals surface area contributed by atoms with Crippen LogP contribution in [0.2, 0.25) is 0 Å². The maximum absolute atomic E-state index is 13.0. The summed E-state index contributed by atoms with van der Waals surface area (Å²) < 4.78 is 43.9. The van der Waals surface area contributed by atoms with Gasteiger partial charge in [0.05, 0.1) is 6.10 Å². The van der Waals surface area contributed by atoms with E-state index in [0.717, 1.165) is 12.1 Å². The van der Waals surface area contributed by atoms with Crippen molar-refractivity contribution in [2.24, 2.45) is 0 Å². The Morgan fingerprint density at radius 3 is 2.44 bits per heavy atom. The molecule has 1 heterocycles. The van der Waals surface area contributed by atoms with Crippen LogP contribution < -0.4 is 11.1 Å². The lowest BCUT2D eigenvalue weighted by molar-refractivity contribution is -0.143. The predicted octanol–water partition coefficient (Wildman–Crippen LogP) is 1.99. The first-order chi connectivity index (χ1) is 11.3. The van der Waals surface area contributed by atoms with E-state index in [4.69, 9.17) is 10.5 Å². The molecule has 0 fully saturated rings. The summed E-state index contributed by atoms with van der Waals surface area (Å²) in [6, 6.07) is 2.06. The van der Waals surface area contributed by atoms with Gasteiger partial charge in [-0.2, -0.15) is 13.2 Å². The van der Waals surface area contributed by atoms with E-state index in [9.17, 15) is 28.2 Å². The van der Waals surface area contributed by atoms with Crippen LogP contribution in [0.3, 0.4) is 0 Å². The number of hydrogen-bond donors (Lipinski definition) is 4. The van der Waals surface area contributed by atoms with E-state index in [0.29, 0.717) is 0 Å². The monoisotopic (exact) mass is 365 g/mol. The molecular formula is C15H22F3N3O4. The van der Waals surface area contributed by atoms with E-state index in [1.54, 1.807) is 20.8 Å². The van der Waals surface area contributed by atoms with E-state index in [1.807, 2.05) is 0 Å². The number of ether oxygens (including phenoxy) is 1. The number of rotatable bonds is 5. The van der Waals surface area contributed by atoms with Crippen LogP contribution in [0.5, 0.6) is 0 Å². The van der Waals surface area contributed by atoms with Gasteiger partial charge in [0, 0.05) is 12.1 Å². The lowest BCUT2D eigenvalue weighted by atomic mass is 10.00. The molecule has 7 nitrogen and oxygen atoms in total. The van der Waals surface area contributed by atoms with Crippen LogP contribution in [0.4, 0.5) is 23.8 Å². The zero-order valence-corrected chi connectivity index (χ0v) is 14.1. The summed E-state index contributed by atoms with van der Waals surface area (Å²) in [5.74, 6) is -0.357. The van der Waals surface area contributed by atoms with Gasteiger partial charge >= 0.3 is 12.3 Å². The molecule has 0 aliphatic rings. The Morgan fingerprint density at radius 2 is 1.92 bits per heavy atom. The number of halogens is 3. The molecule has 1 aromatic heterocycles. The SMILES string of the molecule is CC(C)(C)OC(=O)NCCC(O)C(O)c1ccc(N)nc1C(F)(F)F. The van der Waals surface area contributed by atoms with Gasteiger partial charge in [0.25, 0.3) is 0 Å². The number of nitrogen functional groups attached to an aromatic ring is 1. The lowest BCUT2D eigenvalue weighted by Gasteiger charge is -2.22. The van der Waals surface area contributed by atoms with Crippen molar-refractivity contribution in [2.75, 3.05) is 12.3 Å². The Hall–Kier alpha value is -2.07. The van der Waals surface area contributed by atoms with Gasteiger partial charge in [0.15, 0.2) is 5.69 Å². The number of anilines is 1. The Morgan fingerprint density at radius 1 is 1.32 bits per heavy atom. The lowest BCUT2D eigenvalue weighted by Crippen LogP contribution is -2.35. The molecule has 0 aliphatic carbocycles. The summed E-state index contributed by atoms with van der Waals surface area (Å²) in [5.41, 5.74) is 2.59. The maximum Gasteiger partial charge on any atom is 0.433 e. The molecule has 1 amide bonds. The van der Waals surface area contributed by atoms with Crippen molar-refractivity contribution < 1.29 is 32.9 Å². The minimum Gasteiger partial charge on any atom is -0.444 e. The van der Waals surface area contributed by atoms with Crippen molar-refractivity contribution in [1.82, 2.24) is 10.3 Å². The van der Waals surface area contributed by atoms with Crippen molar-refractivity contribution in [2.45, 2.75) is 51.2 Å². The highest BCUT2D eigenvalue weighted by Gasteiger charge is 2.38. The number of aliphatic hydroxyl groups excluding tert-OH is 2. The molecule has 25 heavy (non-hydrogen) atoms. The van der Waals surface area contributed by atoms with Crippen molar-refractivity contribution in [1.29, 1.82) is 0 Å². The number of amides is 1. The van der Waals surface area contributed by atoms with E-state index in [1.165, 1.54) is 0 Å². The first-order valence-electron chi connectivity index (χ1n) is 7.48. The highest BCUT2D eigenvalue weighted by Crippen LogP contribution is 2.35. The van der Waals surface area contributed by atoms with Crippen molar-refractivity contribution in [3.05, 3.63) is 23.4 Å². The number of nitrogens with one attached hydrogen (secondary N) is 1. The number of carbonyl (C=O) groups is 1. The third-order valence-corrected chi connectivity index (χ3v) is 3.01. The van der Waals surface area contributed by atoms with E-state index < -0.39 is 41.3 Å². The topological polar surface area (TPSA) is 118 Å². The summed E-state index contributed by atoms with van der Waals surface area (Å²) in [6.07, 6.45) is -9.16. The normalized spacial score (nSPS) is 14.7. The van der Waals surface area contributed by atoms with Gasteiger partial charge in [-0.05, 0) is 33.3 Å². The van der Waals surface area contributed by atoms with Crippen LogP contribution in [0.15, 0.2) is 12.1 Å². The summed E-state index contributed by atoms with van der Waals surface area (Å²) in [6.45, 7) is 4.89. The molecule has 0 radical (unpaired) electrons. The summed E-state index contributed by atoms with van der Waals surface area (Å²) in [5, 5.41) is 22.2. The van der Waals surface area contributed by atoms with Crippen LogP contribution in [-0.2, 0) is 10.9 Å². The Balaban J connectivity index is 2.71. The number of alkyl halides is 3. The minimum atomic E-state index is -4.83. The van der Waals surface area contributed by atoms with Crippen molar-refractivity contribution in [3.8, 4) is 0 Å². The standard InChI is InChI=1S/C15H22F3N3O4/c1-14(2,3)25-13(24)20-7-6-9(22)11(23)8-4-5-10(19)21-12(8)15(16,17)18/h4-5,9,11,22-23H,6-7H2,1-3H3,(H2,19,21)(H,20,24). The number of aromatic nitrogens is 1. The molecule has 2 atom stereocenters. The molecular weight excluding hydrogens is 343 g/mol. The summed E-state index contributed by atoms with van der Waals surface area (Å²) >= 11 is 0. The number of hydrogen-bond acceptors (Lipinski definition) is 6. The highest BCUT2D eigenvalue weighted by atomic mass is 19.4. The molecule has 5 N–H and O–H groups in total. The van der Waals surface area contributed by atoms with E-state index in [-0.39, 0.29) is 18.8 Å². The molecule has 0 aliphatic heterocycles. The third kappa shape index (κ3) is 6.75. The van der Waals surface area contributed by atoms with Gasteiger partial charge < -0.3 is 26.0 Å². The zero-order valence-electron chi connectivity index (χ0n) is 14.1. The number of pyridine rings is 1. The van der Waals surface area contributed by atoms with Crippen molar-refractivity contribution in [3.63, 3.8) is 0 Å². The first-order valence-corrected chi connectivity index (χ1v) is 7.48. The molecule has 1 aromatic rings. The molecule has 0 saturated heterocycles. The van der Waals surface area contributed by atoms with Gasteiger partial charge in [0.1, 0.15) is 17.5 Å². The Kier molecular flexibility index (Phi) is 6.61. The van der Waals surface area contributed by atoms with E-state index >= 15 is 0 Å². The van der Waals surface area contributed by atoms with Gasteiger partial charge in [-0.1, -0.05) is 6.07 Å².